The quantitative estimate of drug-likeness (QED) is 0.198. The molecule has 7 aromatic carbocycles. The number of nitrogens with zero attached hydrogens (tertiary/aromatic N) is 2. The van der Waals surface area contributed by atoms with Gasteiger partial charge >= 0.3 is 0 Å². The highest BCUT2D eigenvalue weighted by molar-refractivity contribution is 6.23. The zero-order valence-electron chi connectivity index (χ0n) is 23.8. The van der Waals surface area contributed by atoms with Gasteiger partial charge in [-0.1, -0.05) is 115 Å². The molecule has 2 heterocycles. The second kappa shape index (κ2) is 8.82. The van der Waals surface area contributed by atoms with Crippen molar-refractivity contribution in [2.45, 2.75) is 0 Å². The molecule has 0 unspecified atom stereocenters. The number of hydrogen-bond acceptors (Lipinski definition) is 2. The van der Waals surface area contributed by atoms with Gasteiger partial charge in [-0.25, -0.2) is 9.97 Å². The third kappa shape index (κ3) is 3.20. The highest BCUT2D eigenvalue weighted by Gasteiger charge is 2.25. The summed E-state index contributed by atoms with van der Waals surface area (Å²) in [6, 6.07) is 52.5. The standard InChI is InChI=1S/C42H24N2/c1-5-16-36-31(10-1)40(32-11-2-6-17-37(32)43-36)25-20-21-26-29-22-23-30(27-14-9-15-28(41(27)29)35(26)24-25)42-33-12-3-7-18-38(33)44-39-19-8-4-13-34(39)42/h1-24H. The molecule has 0 atom stereocenters. The molecule has 0 spiro atoms. The summed E-state index contributed by atoms with van der Waals surface area (Å²) in [6.45, 7) is 0. The van der Waals surface area contributed by atoms with E-state index < -0.39 is 0 Å². The molecule has 202 valence electrons. The predicted molar refractivity (Wildman–Crippen MR) is 185 cm³/mol. The van der Waals surface area contributed by atoms with Crippen LogP contribution in [-0.4, -0.2) is 9.97 Å². The lowest BCUT2D eigenvalue weighted by molar-refractivity contribution is 1.49. The van der Waals surface area contributed by atoms with E-state index in [-0.39, 0.29) is 0 Å². The van der Waals surface area contributed by atoms with Crippen LogP contribution in [0.1, 0.15) is 0 Å². The predicted octanol–water partition coefficient (Wildman–Crippen LogP) is 11.2. The van der Waals surface area contributed by atoms with E-state index in [0.717, 1.165) is 22.1 Å². The molecule has 44 heavy (non-hydrogen) atoms. The summed E-state index contributed by atoms with van der Waals surface area (Å²) in [6.07, 6.45) is 0. The Balaban J connectivity index is 1.25. The maximum Gasteiger partial charge on any atom is 0.0715 e. The Bertz CT molecular complexity index is 2560. The molecule has 2 nitrogen and oxygen atoms in total. The van der Waals surface area contributed by atoms with Crippen LogP contribution in [-0.2, 0) is 0 Å². The SMILES string of the molecule is c1ccc2c(-c3ccc4c(c3)-c3cccc5c(-c6c7ccccc7nc7ccccc67)ccc-4c35)c3ccccc3nc2c1. The number of benzene rings is 7. The molecule has 0 saturated carbocycles. The first-order valence-electron chi connectivity index (χ1n) is 15.1. The van der Waals surface area contributed by atoms with Crippen LogP contribution in [0.15, 0.2) is 146 Å². The summed E-state index contributed by atoms with van der Waals surface area (Å²) >= 11 is 0. The molecule has 0 fully saturated rings. The van der Waals surface area contributed by atoms with Gasteiger partial charge in [0.05, 0.1) is 22.1 Å². The maximum atomic E-state index is 5.00. The molecule has 2 heteroatoms. The van der Waals surface area contributed by atoms with Crippen molar-refractivity contribution in [3.63, 3.8) is 0 Å². The molecule has 0 aliphatic heterocycles. The largest absolute Gasteiger partial charge is 0.248 e. The van der Waals surface area contributed by atoms with Gasteiger partial charge in [0.25, 0.3) is 0 Å². The lowest BCUT2D eigenvalue weighted by Gasteiger charge is -2.14. The second-order valence-electron chi connectivity index (χ2n) is 11.7. The highest BCUT2D eigenvalue weighted by Crippen LogP contribution is 2.52. The Labute approximate surface area is 253 Å². The first-order valence-corrected chi connectivity index (χ1v) is 15.1. The van der Waals surface area contributed by atoms with E-state index in [0.29, 0.717) is 0 Å². The molecule has 1 aliphatic rings. The number of fused-ring (bicyclic) bond motifs is 7. The fourth-order valence-electron chi connectivity index (χ4n) is 7.51. The van der Waals surface area contributed by atoms with Crippen LogP contribution in [0.2, 0.25) is 0 Å². The lowest BCUT2D eigenvalue weighted by atomic mass is 9.90. The average Bonchev–Trinajstić information content (AvgIpc) is 3.40. The van der Waals surface area contributed by atoms with E-state index in [1.807, 2.05) is 0 Å². The topological polar surface area (TPSA) is 25.8 Å². The van der Waals surface area contributed by atoms with Gasteiger partial charge in [-0.3, -0.25) is 0 Å². The van der Waals surface area contributed by atoms with E-state index in [9.17, 15) is 0 Å². The van der Waals surface area contributed by atoms with Gasteiger partial charge in [-0.2, -0.15) is 0 Å². The van der Waals surface area contributed by atoms with Crippen LogP contribution in [0.4, 0.5) is 0 Å². The highest BCUT2D eigenvalue weighted by atomic mass is 14.7. The van der Waals surface area contributed by atoms with Crippen LogP contribution < -0.4 is 0 Å². The van der Waals surface area contributed by atoms with Crippen molar-refractivity contribution in [1.82, 2.24) is 9.97 Å². The summed E-state index contributed by atoms with van der Waals surface area (Å²) in [4.78, 5) is 9.98. The van der Waals surface area contributed by atoms with E-state index >= 15 is 0 Å². The average molecular weight is 557 g/mol. The van der Waals surface area contributed by atoms with E-state index in [1.54, 1.807) is 0 Å². The zero-order chi connectivity index (χ0) is 28.8. The Morgan fingerprint density at radius 3 is 1.34 bits per heavy atom. The number of rotatable bonds is 2. The summed E-state index contributed by atoms with van der Waals surface area (Å²) < 4.78 is 0. The number of pyridine rings is 2. The van der Waals surface area contributed by atoms with Gasteiger partial charge in [0.1, 0.15) is 0 Å². The van der Waals surface area contributed by atoms with Gasteiger partial charge in [-0.05, 0) is 74.5 Å². The Morgan fingerprint density at radius 2 is 0.750 bits per heavy atom. The first kappa shape index (κ1) is 23.7. The molecule has 10 rings (SSSR count). The second-order valence-corrected chi connectivity index (χ2v) is 11.7. The molecule has 9 aromatic rings. The molecule has 1 aliphatic carbocycles. The van der Waals surface area contributed by atoms with E-state index in [4.69, 9.17) is 9.97 Å². The molecular formula is C42H24N2. The molecule has 0 saturated heterocycles. The van der Waals surface area contributed by atoms with Crippen LogP contribution >= 0.6 is 0 Å². The number of aromatic nitrogens is 2. The monoisotopic (exact) mass is 556 g/mol. The van der Waals surface area contributed by atoms with Crippen molar-refractivity contribution in [2.75, 3.05) is 0 Å². The van der Waals surface area contributed by atoms with Gasteiger partial charge < -0.3 is 0 Å². The molecule has 0 radical (unpaired) electrons. The third-order valence-corrected chi connectivity index (χ3v) is 9.37. The third-order valence-electron chi connectivity index (χ3n) is 9.37. The van der Waals surface area contributed by atoms with Crippen molar-refractivity contribution in [1.29, 1.82) is 0 Å². The number of para-hydroxylation sites is 4. The first-order chi connectivity index (χ1) is 21.8. The van der Waals surface area contributed by atoms with Crippen molar-refractivity contribution < 1.29 is 0 Å². The normalized spacial score (nSPS) is 12.1. The van der Waals surface area contributed by atoms with Crippen molar-refractivity contribution >= 4 is 54.4 Å². The van der Waals surface area contributed by atoms with Crippen LogP contribution in [0, 0.1) is 0 Å². The minimum absolute atomic E-state index is 1.02. The lowest BCUT2D eigenvalue weighted by Crippen LogP contribution is -1.90. The molecule has 0 bridgehead atoms. The maximum absolute atomic E-state index is 5.00. The van der Waals surface area contributed by atoms with E-state index in [2.05, 4.69) is 146 Å². The minimum Gasteiger partial charge on any atom is -0.248 e. The van der Waals surface area contributed by atoms with Crippen LogP contribution in [0.3, 0.4) is 0 Å². The van der Waals surface area contributed by atoms with Crippen molar-refractivity contribution in [3.05, 3.63) is 146 Å². The summed E-state index contributed by atoms with van der Waals surface area (Å²) in [5.41, 5.74) is 14.2. The van der Waals surface area contributed by atoms with Gasteiger partial charge in [0.2, 0.25) is 0 Å². The smallest absolute Gasteiger partial charge is 0.0715 e. The van der Waals surface area contributed by atoms with Gasteiger partial charge in [0.15, 0.2) is 0 Å². The fourth-order valence-corrected chi connectivity index (χ4v) is 7.51. The summed E-state index contributed by atoms with van der Waals surface area (Å²) in [5.74, 6) is 0. The Kier molecular flexibility index (Phi) is 4.75. The Morgan fingerprint density at radius 1 is 0.295 bits per heavy atom. The molecular weight excluding hydrogens is 532 g/mol. The zero-order valence-corrected chi connectivity index (χ0v) is 23.8. The molecule has 2 aromatic heterocycles. The summed E-state index contributed by atoms with van der Waals surface area (Å²) in [5, 5.41) is 7.32. The van der Waals surface area contributed by atoms with E-state index in [1.165, 1.54) is 76.8 Å². The van der Waals surface area contributed by atoms with Crippen molar-refractivity contribution in [2.24, 2.45) is 0 Å². The van der Waals surface area contributed by atoms with Gasteiger partial charge in [-0.15, -0.1) is 0 Å². The summed E-state index contributed by atoms with van der Waals surface area (Å²) in [7, 11) is 0. The van der Waals surface area contributed by atoms with Crippen molar-refractivity contribution in [3.8, 4) is 44.5 Å². The van der Waals surface area contributed by atoms with Crippen LogP contribution in [0.5, 0.6) is 0 Å². The molecule has 0 N–H and O–H groups in total. The minimum atomic E-state index is 1.02. The Hall–Kier alpha value is -5.86. The fraction of sp³-hybridized carbons (Fsp3) is 0. The van der Waals surface area contributed by atoms with Gasteiger partial charge in [0, 0.05) is 32.7 Å². The van der Waals surface area contributed by atoms with Crippen LogP contribution in [0.25, 0.3) is 98.9 Å². The molecule has 0 amide bonds. The number of hydrogen-bond donors (Lipinski definition) is 0.